The number of hydrogen-bond acceptors (Lipinski definition) is 4. The Hall–Kier alpha value is -1.69. The van der Waals surface area contributed by atoms with Gasteiger partial charge in [0.05, 0.1) is 17.8 Å². The van der Waals surface area contributed by atoms with Crippen molar-refractivity contribution in [3.63, 3.8) is 0 Å². The average molecular weight is 361 g/mol. The average Bonchev–Trinajstić information content (AvgIpc) is 2.93. The van der Waals surface area contributed by atoms with Gasteiger partial charge in [0.1, 0.15) is 0 Å². The van der Waals surface area contributed by atoms with Gasteiger partial charge in [-0.3, -0.25) is 9.48 Å². The van der Waals surface area contributed by atoms with Gasteiger partial charge in [-0.25, -0.2) is 4.98 Å². The van der Waals surface area contributed by atoms with E-state index >= 15 is 0 Å². The molecule has 0 aromatic carbocycles. The van der Waals surface area contributed by atoms with E-state index in [0.717, 1.165) is 41.5 Å². The van der Waals surface area contributed by atoms with E-state index in [-0.39, 0.29) is 5.91 Å². The molecular formula is C19H28N4OS. The molecule has 1 aliphatic rings. The minimum Gasteiger partial charge on any atom is -0.302 e. The highest BCUT2D eigenvalue weighted by atomic mass is 32.1. The van der Waals surface area contributed by atoms with E-state index in [0.29, 0.717) is 12.3 Å². The number of carbonyl (C=O) groups excluding carboxylic acids is 1. The monoisotopic (exact) mass is 360 g/mol. The van der Waals surface area contributed by atoms with Crippen molar-refractivity contribution in [3.05, 3.63) is 27.5 Å². The first kappa shape index (κ1) is 18.1. The summed E-state index contributed by atoms with van der Waals surface area (Å²) in [6.07, 6.45) is 6.22. The Balaban J connectivity index is 1.68. The van der Waals surface area contributed by atoms with Crippen molar-refractivity contribution in [1.82, 2.24) is 14.8 Å². The summed E-state index contributed by atoms with van der Waals surface area (Å²) in [4.78, 5) is 18.5. The van der Waals surface area contributed by atoms with Crippen LogP contribution in [0, 0.1) is 19.8 Å². The Morgan fingerprint density at radius 2 is 2.00 bits per heavy atom. The van der Waals surface area contributed by atoms with E-state index in [1.54, 1.807) is 11.3 Å². The van der Waals surface area contributed by atoms with Crippen molar-refractivity contribution in [3.8, 4) is 0 Å². The van der Waals surface area contributed by atoms with Crippen LogP contribution in [-0.4, -0.2) is 20.7 Å². The molecule has 3 rings (SSSR count). The van der Waals surface area contributed by atoms with Crippen LogP contribution in [0.5, 0.6) is 0 Å². The van der Waals surface area contributed by atoms with Crippen molar-refractivity contribution in [1.29, 1.82) is 0 Å². The molecule has 0 atom stereocenters. The highest BCUT2D eigenvalue weighted by Gasteiger charge is 2.18. The van der Waals surface area contributed by atoms with E-state index in [2.05, 4.69) is 36.2 Å². The molecule has 0 fully saturated rings. The predicted molar refractivity (Wildman–Crippen MR) is 102 cm³/mol. The second-order valence-electron chi connectivity index (χ2n) is 7.40. The smallest absolute Gasteiger partial charge is 0.230 e. The number of rotatable bonds is 5. The Bertz CT molecular complexity index is 736. The molecule has 1 aliphatic carbocycles. The topological polar surface area (TPSA) is 59.8 Å². The lowest BCUT2D eigenvalue weighted by Crippen LogP contribution is -2.15. The molecule has 1 amide bonds. The van der Waals surface area contributed by atoms with E-state index in [1.807, 2.05) is 11.6 Å². The van der Waals surface area contributed by atoms with E-state index < -0.39 is 0 Å². The van der Waals surface area contributed by atoms with Gasteiger partial charge in [0.25, 0.3) is 0 Å². The van der Waals surface area contributed by atoms with Crippen LogP contribution in [0.1, 0.15) is 60.6 Å². The number of aryl methyl sites for hydroxylation is 3. The molecule has 1 N–H and O–H groups in total. The van der Waals surface area contributed by atoms with E-state index in [9.17, 15) is 4.79 Å². The fourth-order valence-corrected chi connectivity index (χ4v) is 4.49. The molecule has 2 heterocycles. The molecule has 0 radical (unpaired) electrons. The largest absolute Gasteiger partial charge is 0.302 e. The second-order valence-corrected chi connectivity index (χ2v) is 8.48. The fourth-order valence-electron chi connectivity index (χ4n) is 3.42. The molecule has 0 unspecified atom stereocenters. The van der Waals surface area contributed by atoms with Crippen molar-refractivity contribution < 1.29 is 4.79 Å². The summed E-state index contributed by atoms with van der Waals surface area (Å²) in [5.41, 5.74) is 4.27. The molecule has 0 spiro atoms. The maximum Gasteiger partial charge on any atom is 0.230 e. The van der Waals surface area contributed by atoms with Gasteiger partial charge in [-0.15, -0.1) is 11.3 Å². The molecule has 136 valence electrons. The third-order valence-electron chi connectivity index (χ3n) is 4.75. The Morgan fingerprint density at radius 3 is 2.76 bits per heavy atom. The zero-order chi connectivity index (χ0) is 18.0. The number of nitrogens with one attached hydrogen (secondary N) is 1. The Kier molecular flexibility index (Phi) is 5.57. The first-order valence-corrected chi connectivity index (χ1v) is 10.1. The second kappa shape index (κ2) is 7.68. The summed E-state index contributed by atoms with van der Waals surface area (Å²) in [5.74, 6) is 0.532. The van der Waals surface area contributed by atoms with Crippen LogP contribution in [0.3, 0.4) is 0 Å². The summed E-state index contributed by atoms with van der Waals surface area (Å²) in [5, 5.41) is 8.35. The van der Waals surface area contributed by atoms with E-state index in [4.69, 9.17) is 0 Å². The zero-order valence-electron chi connectivity index (χ0n) is 15.7. The van der Waals surface area contributed by atoms with Crippen molar-refractivity contribution >= 4 is 22.4 Å². The SMILES string of the molecule is Cc1nn(CC(C)C)c(C)c1CC(=O)Nc1nc2c(s1)CCCCC2. The number of anilines is 1. The number of carbonyl (C=O) groups is 1. The minimum atomic E-state index is -0.000735. The molecule has 0 saturated carbocycles. The number of fused-ring (bicyclic) bond motifs is 1. The van der Waals surface area contributed by atoms with Gasteiger partial charge in [-0.2, -0.15) is 5.10 Å². The van der Waals surface area contributed by atoms with Gasteiger partial charge in [-0.05, 0) is 45.4 Å². The lowest BCUT2D eigenvalue weighted by atomic mass is 10.1. The molecule has 5 nitrogen and oxygen atoms in total. The van der Waals surface area contributed by atoms with Gasteiger partial charge < -0.3 is 5.32 Å². The van der Waals surface area contributed by atoms with Gasteiger partial charge >= 0.3 is 0 Å². The number of hydrogen-bond donors (Lipinski definition) is 1. The molecule has 2 aromatic rings. The van der Waals surface area contributed by atoms with Gasteiger partial charge in [0.15, 0.2) is 5.13 Å². The van der Waals surface area contributed by atoms with Crippen LogP contribution >= 0.6 is 11.3 Å². The summed E-state index contributed by atoms with van der Waals surface area (Å²) < 4.78 is 2.02. The van der Waals surface area contributed by atoms with Crippen LogP contribution in [0.2, 0.25) is 0 Å². The number of nitrogens with zero attached hydrogens (tertiary/aromatic N) is 3. The lowest BCUT2D eigenvalue weighted by Gasteiger charge is -2.08. The quantitative estimate of drug-likeness (QED) is 0.818. The van der Waals surface area contributed by atoms with Crippen molar-refractivity contribution in [2.75, 3.05) is 5.32 Å². The Labute approximate surface area is 153 Å². The van der Waals surface area contributed by atoms with Gasteiger partial charge in [0.2, 0.25) is 5.91 Å². The van der Waals surface area contributed by atoms with Crippen LogP contribution in [0.15, 0.2) is 0 Å². The lowest BCUT2D eigenvalue weighted by molar-refractivity contribution is -0.115. The maximum absolute atomic E-state index is 12.5. The minimum absolute atomic E-state index is 0.000735. The van der Waals surface area contributed by atoms with Crippen molar-refractivity contribution in [2.45, 2.75) is 72.8 Å². The highest BCUT2D eigenvalue weighted by Crippen LogP contribution is 2.29. The summed E-state index contributed by atoms with van der Waals surface area (Å²) in [6, 6.07) is 0. The van der Waals surface area contributed by atoms with Crippen LogP contribution in [-0.2, 0) is 30.6 Å². The standard InChI is InChI=1S/C19H28N4OS/c1-12(2)11-23-14(4)15(13(3)22-23)10-18(24)21-19-20-16-8-6-5-7-9-17(16)25-19/h12H,5-11H2,1-4H3,(H,20,21,24). The van der Waals surface area contributed by atoms with Crippen LogP contribution in [0.25, 0.3) is 0 Å². The summed E-state index contributed by atoms with van der Waals surface area (Å²) >= 11 is 1.65. The summed E-state index contributed by atoms with van der Waals surface area (Å²) in [7, 11) is 0. The highest BCUT2D eigenvalue weighted by molar-refractivity contribution is 7.15. The fraction of sp³-hybridized carbons (Fsp3) is 0.632. The third kappa shape index (κ3) is 4.29. The molecule has 0 bridgehead atoms. The number of thiazole rings is 1. The number of aromatic nitrogens is 3. The van der Waals surface area contributed by atoms with Gasteiger partial charge in [0, 0.05) is 22.7 Å². The van der Waals surface area contributed by atoms with Crippen LogP contribution in [0.4, 0.5) is 5.13 Å². The zero-order valence-corrected chi connectivity index (χ0v) is 16.5. The first-order valence-electron chi connectivity index (χ1n) is 9.25. The Morgan fingerprint density at radius 1 is 1.24 bits per heavy atom. The van der Waals surface area contributed by atoms with E-state index in [1.165, 1.54) is 29.8 Å². The summed E-state index contributed by atoms with van der Waals surface area (Å²) in [6.45, 7) is 9.27. The molecule has 2 aromatic heterocycles. The molecule has 6 heteroatoms. The molecule has 0 saturated heterocycles. The van der Waals surface area contributed by atoms with Crippen molar-refractivity contribution in [2.24, 2.45) is 5.92 Å². The first-order chi connectivity index (χ1) is 11.9. The van der Waals surface area contributed by atoms with Gasteiger partial charge in [-0.1, -0.05) is 20.3 Å². The third-order valence-corrected chi connectivity index (χ3v) is 5.82. The molecule has 25 heavy (non-hydrogen) atoms. The van der Waals surface area contributed by atoms with Crippen LogP contribution < -0.4 is 5.32 Å². The maximum atomic E-state index is 12.5. The molecular weight excluding hydrogens is 332 g/mol. The predicted octanol–water partition coefficient (Wildman–Crippen LogP) is 4.06. The normalized spacial score (nSPS) is 14.4. The number of amides is 1. The molecule has 0 aliphatic heterocycles.